The fourth-order valence-electron chi connectivity index (χ4n) is 3.46. The molecular weight excluding hydrogens is 493 g/mol. The number of ether oxygens (including phenoxy) is 1. The van der Waals surface area contributed by atoms with Crippen LogP contribution in [0.4, 0.5) is 11.4 Å². The first-order chi connectivity index (χ1) is 16.8. The molecule has 0 saturated carbocycles. The topological polar surface area (TPSA) is 103 Å². The molecule has 0 unspecified atom stereocenters. The molecule has 0 radical (unpaired) electrons. The third kappa shape index (κ3) is 7.85. The molecule has 1 fully saturated rings. The van der Waals surface area contributed by atoms with E-state index < -0.39 is 5.97 Å². The number of carbonyl (C=O) groups is 2. The maximum atomic E-state index is 12.5. The van der Waals surface area contributed by atoms with Crippen LogP contribution in [0.3, 0.4) is 0 Å². The van der Waals surface area contributed by atoms with Gasteiger partial charge in [-0.25, -0.2) is 4.79 Å². The molecule has 184 valence electrons. The van der Waals surface area contributed by atoms with E-state index in [4.69, 9.17) is 38.2 Å². The fraction of sp³-hybridized carbons (Fsp3) is 0.240. The lowest BCUT2D eigenvalue weighted by Crippen LogP contribution is -2.41. The Balaban J connectivity index is 0.000000287. The van der Waals surface area contributed by atoms with Crippen molar-refractivity contribution in [2.45, 2.75) is 6.42 Å². The summed E-state index contributed by atoms with van der Waals surface area (Å²) in [6, 6.07) is 15.0. The van der Waals surface area contributed by atoms with E-state index in [1.807, 2.05) is 34.1 Å². The highest BCUT2D eigenvalue weighted by Crippen LogP contribution is 2.30. The number of pyridine rings is 1. The van der Waals surface area contributed by atoms with Crippen molar-refractivity contribution < 1.29 is 24.5 Å². The molecule has 1 aliphatic rings. The molecule has 1 amide bonds. The van der Waals surface area contributed by atoms with Crippen molar-refractivity contribution >= 4 is 46.5 Å². The summed E-state index contributed by atoms with van der Waals surface area (Å²) in [5, 5.41) is 18.4. The summed E-state index contributed by atoms with van der Waals surface area (Å²) in [6.45, 7) is 3.03. The van der Waals surface area contributed by atoms with Crippen molar-refractivity contribution in [2.24, 2.45) is 0 Å². The Morgan fingerprint density at radius 3 is 2.17 bits per heavy atom. The van der Waals surface area contributed by atoms with E-state index in [1.165, 1.54) is 12.1 Å². The lowest BCUT2D eigenvalue weighted by atomic mass is 10.2. The predicted molar refractivity (Wildman–Crippen MR) is 135 cm³/mol. The largest absolute Gasteiger partial charge is 0.507 e. The minimum absolute atomic E-state index is 0.0671. The van der Waals surface area contributed by atoms with E-state index in [-0.39, 0.29) is 17.2 Å². The lowest BCUT2D eigenvalue weighted by molar-refractivity contribution is -0.135. The second kappa shape index (κ2) is 12.9. The van der Waals surface area contributed by atoms with Gasteiger partial charge in [0.2, 0.25) is 5.91 Å². The van der Waals surface area contributed by atoms with Crippen LogP contribution >= 0.6 is 23.2 Å². The summed E-state index contributed by atoms with van der Waals surface area (Å²) in [6.07, 6.45) is 3.84. The van der Waals surface area contributed by atoms with E-state index >= 15 is 0 Å². The number of carboxylic acid groups (broad SMARTS) is 1. The molecule has 4 rings (SSSR count). The van der Waals surface area contributed by atoms with Gasteiger partial charge in [0.25, 0.3) is 0 Å². The van der Waals surface area contributed by atoms with Gasteiger partial charge in [-0.1, -0.05) is 35.3 Å². The van der Waals surface area contributed by atoms with Gasteiger partial charge in [-0.3, -0.25) is 9.78 Å². The maximum Gasteiger partial charge on any atom is 0.339 e. The summed E-state index contributed by atoms with van der Waals surface area (Å²) in [7, 11) is 0. The molecule has 1 aromatic heterocycles. The number of aromatic nitrogens is 1. The Hall–Kier alpha value is -3.33. The van der Waals surface area contributed by atoms with Crippen molar-refractivity contribution in [2.75, 3.05) is 37.7 Å². The van der Waals surface area contributed by atoms with E-state index in [0.717, 1.165) is 11.4 Å². The number of nitrogens with zero attached hydrogens (tertiary/aromatic N) is 3. The Morgan fingerprint density at radius 2 is 1.60 bits per heavy atom. The number of halogens is 2. The Kier molecular flexibility index (Phi) is 9.72. The average Bonchev–Trinajstić information content (AvgIpc) is 2.85. The molecule has 1 saturated heterocycles. The number of amides is 1. The number of anilines is 2. The second-order valence-corrected chi connectivity index (χ2v) is 8.42. The first-order valence-electron chi connectivity index (χ1n) is 10.9. The summed E-state index contributed by atoms with van der Waals surface area (Å²) >= 11 is 12.3. The third-order valence-corrected chi connectivity index (χ3v) is 5.62. The molecule has 1 aliphatic heterocycles. The quantitative estimate of drug-likeness (QED) is 0.480. The molecule has 2 aromatic carbocycles. The molecule has 0 aliphatic carbocycles. The van der Waals surface area contributed by atoms with E-state index in [1.54, 1.807) is 30.6 Å². The van der Waals surface area contributed by atoms with Crippen LogP contribution in [-0.2, 0) is 9.53 Å². The Morgan fingerprint density at radius 1 is 0.971 bits per heavy atom. The van der Waals surface area contributed by atoms with Crippen LogP contribution in [0.15, 0.2) is 67.0 Å². The molecule has 0 atom stereocenters. The van der Waals surface area contributed by atoms with Crippen LogP contribution in [0, 0.1) is 0 Å². The SMILES string of the molecule is O=C(CCN(c1ccncc1)c1cc(Cl)cc(Cl)c1)N1CCOCC1.O=C(O)c1ccccc1O. The zero-order chi connectivity index (χ0) is 25.2. The number of phenols is 1. The number of para-hydroxylation sites is 1. The second-order valence-electron chi connectivity index (χ2n) is 7.55. The van der Waals surface area contributed by atoms with E-state index in [2.05, 4.69) is 4.98 Å². The van der Waals surface area contributed by atoms with Crippen molar-refractivity contribution in [1.82, 2.24) is 9.88 Å². The first-order valence-corrected chi connectivity index (χ1v) is 11.6. The smallest absolute Gasteiger partial charge is 0.339 e. The number of aromatic hydroxyl groups is 1. The van der Waals surface area contributed by atoms with Crippen LogP contribution in [0.1, 0.15) is 16.8 Å². The minimum atomic E-state index is -1.11. The van der Waals surface area contributed by atoms with Gasteiger partial charge in [-0.2, -0.15) is 0 Å². The molecule has 8 nitrogen and oxygen atoms in total. The minimum Gasteiger partial charge on any atom is -0.507 e. The molecule has 0 bridgehead atoms. The summed E-state index contributed by atoms with van der Waals surface area (Å²) in [5.74, 6) is -1.19. The normalized spacial score (nSPS) is 12.9. The average molecular weight is 518 g/mol. The fourth-order valence-corrected chi connectivity index (χ4v) is 3.97. The number of hydrogen-bond acceptors (Lipinski definition) is 6. The molecule has 0 spiro atoms. The predicted octanol–water partition coefficient (Wildman–Crippen LogP) is 4.87. The molecule has 2 heterocycles. The zero-order valence-electron chi connectivity index (χ0n) is 18.8. The van der Waals surface area contributed by atoms with Crippen molar-refractivity contribution in [3.05, 3.63) is 82.6 Å². The molecule has 3 aromatic rings. The number of hydrogen-bond donors (Lipinski definition) is 2. The highest BCUT2D eigenvalue weighted by molar-refractivity contribution is 6.35. The van der Waals surface area contributed by atoms with Gasteiger partial charge in [0.05, 0.1) is 13.2 Å². The number of rotatable bonds is 6. The monoisotopic (exact) mass is 517 g/mol. The van der Waals surface area contributed by atoms with Crippen molar-refractivity contribution in [3.8, 4) is 5.75 Å². The number of benzene rings is 2. The van der Waals surface area contributed by atoms with Gasteiger partial charge in [0, 0.05) is 59.9 Å². The van der Waals surface area contributed by atoms with Gasteiger partial charge in [0.1, 0.15) is 11.3 Å². The molecule has 35 heavy (non-hydrogen) atoms. The summed E-state index contributed by atoms with van der Waals surface area (Å²) in [4.78, 5) is 30.7. The number of carbonyl (C=O) groups excluding carboxylic acids is 1. The first kappa shape index (κ1) is 26.3. The Labute approximate surface area is 213 Å². The van der Waals surface area contributed by atoms with Crippen LogP contribution in [0.25, 0.3) is 0 Å². The highest BCUT2D eigenvalue weighted by atomic mass is 35.5. The van der Waals surface area contributed by atoms with Crippen LogP contribution < -0.4 is 4.90 Å². The summed E-state index contributed by atoms with van der Waals surface area (Å²) in [5.41, 5.74) is 1.71. The van der Waals surface area contributed by atoms with Gasteiger partial charge < -0.3 is 24.7 Å². The van der Waals surface area contributed by atoms with Gasteiger partial charge in [0.15, 0.2) is 0 Å². The zero-order valence-corrected chi connectivity index (χ0v) is 20.3. The van der Waals surface area contributed by atoms with Crippen molar-refractivity contribution in [3.63, 3.8) is 0 Å². The van der Waals surface area contributed by atoms with E-state index in [9.17, 15) is 9.59 Å². The van der Waals surface area contributed by atoms with Crippen LogP contribution in [-0.4, -0.2) is 64.8 Å². The van der Waals surface area contributed by atoms with Gasteiger partial charge in [-0.05, 0) is 42.5 Å². The van der Waals surface area contributed by atoms with Crippen LogP contribution in [0.2, 0.25) is 10.0 Å². The van der Waals surface area contributed by atoms with Crippen molar-refractivity contribution in [1.29, 1.82) is 0 Å². The van der Waals surface area contributed by atoms with E-state index in [0.29, 0.717) is 49.3 Å². The number of carboxylic acids is 1. The van der Waals surface area contributed by atoms with Gasteiger partial charge in [-0.15, -0.1) is 0 Å². The van der Waals surface area contributed by atoms with Crippen LogP contribution in [0.5, 0.6) is 5.75 Å². The maximum absolute atomic E-state index is 12.5. The number of morpholine rings is 1. The molecule has 2 N–H and O–H groups in total. The highest BCUT2D eigenvalue weighted by Gasteiger charge is 2.19. The standard InChI is InChI=1S/C18H19Cl2N3O2.C7H6O3/c19-14-11-15(20)13-17(12-14)23(16-1-4-21-5-2-16)6-3-18(24)22-7-9-25-10-8-22;8-6-4-2-1-3-5(6)7(9)10/h1-2,4-5,11-13H,3,6-10H2;1-4,8H,(H,9,10). The molecular formula is C25H25Cl2N3O5. The summed E-state index contributed by atoms with van der Waals surface area (Å²) < 4.78 is 5.30. The Bertz CT molecular complexity index is 1120. The number of aromatic carboxylic acids is 1. The van der Waals surface area contributed by atoms with Gasteiger partial charge >= 0.3 is 5.97 Å². The lowest BCUT2D eigenvalue weighted by Gasteiger charge is -2.29. The third-order valence-electron chi connectivity index (χ3n) is 5.18. The molecule has 10 heteroatoms.